The van der Waals surface area contributed by atoms with E-state index in [1.54, 1.807) is 0 Å². The van der Waals surface area contributed by atoms with Crippen LogP contribution in [0.5, 0.6) is 0 Å². The predicted octanol–water partition coefficient (Wildman–Crippen LogP) is 3.77. The summed E-state index contributed by atoms with van der Waals surface area (Å²) in [5, 5.41) is 0. The molecule has 0 saturated heterocycles. The third-order valence-corrected chi connectivity index (χ3v) is 2.43. The molecule has 1 aromatic rings. The van der Waals surface area contributed by atoms with E-state index in [1.165, 1.54) is 17.1 Å². The zero-order valence-electron chi connectivity index (χ0n) is 7.32. The van der Waals surface area contributed by atoms with Crippen molar-refractivity contribution in [3.63, 3.8) is 0 Å². The first-order chi connectivity index (χ1) is 4.93. The lowest BCUT2D eigenvalue weighted by atomic mass is 10.4. The van der Waals surface area contributed by atoms with E-state index in [2.05, 4.69) is 37.3 Å². The molecule has 3 N–H and O–H groups in total. The molecule has 0 amide bonds. The molecule has 1 aromatic carbocycles. The van der Waals surface area contributed by atoms with Gasteiger partial charge in [0.05, 0.1) is 0 Å². The van der Waals surface area contributed by atoms with Crippen LogP contribution in [0.4, 0.5) is 0 Å². The molecule has 1 rings (SSSR count). The molecule has 12 heavy (non-hydrogen) atoms. The number of hydrogen-bond acceptors (Lipinski definition) is 2. The maximum absolute atomic E-state index is 2.20. The molecule has 0 aliphatic carbocycles. The minimum atomic E-state index is 0. The van der Waals surface area contributed by atoms with Crippen molar-refractivity contribution in [1.82, 2.24) is 6.15 Å². The monoisotopic (exact) mass is 205 g/mol. The lowest BCUT2D eigenvalue weighted by Gasteiger charge is -1.96. The van der Waals surface area contributed by atoms with Crippen LogP contribution in [0.15, 0.2) is 35.2 Å². The summed E-state index contributed by atoms with van der Waals surface area (Å²) in [6.07, 6.45) is 1.25. The highest BCUT2D eigenvalue weighted by Gasteiger charge is 1.87. The van der Waals surface area contributed by atoms with Gasteiger partial charge in [-0.25, -0.2) is 0 Å². The maximum atomic E-state index is 2.20. The Balaban J connectivity index is 0. The van der Waals surface area contributed by atoms with Crippen LogP contribution >= 0.6 is 24.2 Å². The third kappa shape index (κ3) is 5.47. The second kappa shape index (κ2) is 8.91. The van der Waals surface area contributed by atoms with Crippen molar-refractivity contribution < 1.29 is 0 Å². The molecule has 70 valence electrons. The van der Waals surface area contributed by atoms with Crippen molar-refractivity contribution in [2.75, 3.05) is 5.75 Å². The van der Waals surface area contributed by atoms with Gasteiger partial charge < -0.3 is 6.15 Å². The van der Waals surface area contributed by atoms with E-state index in [-0.39, 0.29) is 18.6 Å². The zero-order valence-corrected chi connectivity index (χ0v) is 8.96. The first-order valence-electron chi connectivity index (χ1n) is 3.61. The van der Waals surface area contributed by atoms with Crippen LogP contribution in [0.2, 0.25) is 0 Å². The van der Waals surface area contributed by atoms with Crippen molar-refractivity contribution in [2.24, 2.45) is 0 Å². The number of hydrogen-bond donors (Lipinski definition) is 1. The SMILES string of the molecule is CCCSc1ccccc1.Cl.N. The smallest absolute Gasteiger partial charge is 0.00719 e. The molecule has 3 heteroatoms. The van der Waals surface area contributed by atoms with Crippen molar-refractivity contribution in [3.05, 3.63) is 30.3 Å². The van der Waals surface area contributed by atoms with Gasteiger partial charge in [0.2, 0.25) is 0 Å². The zero-order chi connectivity index (χ0) is 7.23. The Morgan fingerprint density at radius 1 is 1.17 bits per heavy atom. The number of rotatable bonds is 3. The van der Waals surface area contributed by atoms with E-state index in [0.29, 0.717) is 0 Å². The fourth-order valence-electron chi connectivity index (χ4n) is 0.737. The molecule has 0 fully saturated rings. The summed E-state index contributed by atoms with van der Waals surface area (Å²) in [7, 11) is 0. The van der Waals surface area contributed by atoms with Gasteiger partial charge in [0.1, 0.15) is 0 Å². The molecule has 0 aromatic heterocycles. The fourth-order valence-corrected chi connectivity index (χ4v) is 1.53. The Kier molecular flexibility index (Phi) is 10.7. The predicted molar refractivity (Wildman–Crippen MR) is 59.7 cm³/mol. The number of benzene rings is 1. The lowest BCUT2D eigenvalue weighted by molar-refractivity contribution is 1.10. The summed E-state index contributed by atoms with van der Waals surface area (Å²) in [5.41, 5.74) is 0. The highest BCUT2D eigenvalue weighted by Crippen LogP contribution is 2.16. The van der Waals surface area contributed by atoms with Crippen LogP contribution in [0.25, 0.3) is 0 Å². The normalized spacial score (nSPS) is 8.08. The van der Waals surface area contributed by atoms with Gasteiger partial charge >= 0.3 is 0 Å². The van der Waals surface area contributed by atoms with Crippen LogP contribution in [-0.4, -0.2) is 5.75 Å². The molecule has 0 heterocycles. The Morgan fingerprint density at radius 2 is 1.75 bits per heavy atom. The number of thioether (sulfide) groups is 1. The second-order valence-electron chi connectivity index (χ2n) is 2.16. The Hall–Kier alpha value is -0.180. The third-order valence-electron chi connectivity index (χ3n) is 1.22. The molecule has 0 radical (unpaired) electrons. The first-order valence-corrected chi connectivity index (χ1v) is 4.60. The molecule has 0 spiro atoms. The minimum absolute atomic E-state index is 0. The van der Waals surface area contributed by atoms with E-state index in [4.69, 9.17) is 0 Å². The highest BCUT2D eigenvalue weighted by molar-refractivity contribution is 7.99. The summed E-state index contributed by atoms with van der Waals surface area (Å²) in [6.45, 7) is 2.20. The van der Waals surface area contributed by atoms with Crippen molar-refractivity contribution in [3.8, 4) is 0 Å². The minimum Gasteiger partial charge on any atom is -0.344 e. The van der Waals surface area contributed by atoms with Gasteiger partial charge in [-0.2, -0.15) is 0 Å². The van der Waals surface area contributed by atoms with E-state index in [0.717, 1.165) is 0 Å². The van der Waals surface area contributed by atoms with Crippen molar-refractivity contribution >= 4 is 24.2 Å². The van der Waals surface area contributed by atoms with E-state index < -0.39 is 0 Å². The standard InChI is InChI=1S/C9H12S.ClH.H3N/c1-2-8-10-9-6-4-3-5-7-9;;/h3-7H,2,8H2,1H3;1H;1H3. The Bertz CT molecular complexity index is 179. The van der Waals surface area contributed by atoms with E-state index in [1.807, 2.05) is 11.8 Å². The fraction of sp³-hybridized carbons (Fsp3) is 0.333. The molecule has 0 aliphatic heterocycles. The van der Waals surface area contributed by atoms with Crippen LogP contribution in [0.3, 0.4) is 0 Å². The van der Waals surface area contributed by atoms with Gasteiger partial charge in [-0.15, -0.1) is 24.2 Å². The Morgan fingerprint density at radius 3 is 2.25 bits per heavy atom. The van der Waals surface area contributed by atoms with Crippen LogP contribution in [0.1, 0.15) is 13.3 Å². The lowest BCUT2D eigenvalue weighted by Crippen LogP contribution is -1.73. The molecule has 0 atom stereocenters. The van der Waals surface area contributed by atoms with Gasteiger partial charge in [-0.05, 0) is 24.3 Å². The molecular weight excluding hydrogens is 190 g/mol. The van der Waals surface area contributed by atoms with E-state index >= 15 is 0 Å². The largest absolute Gasteiger partial charge is 0.344 e. The molecule has 0 saturated carbocycles. The average Bonchev–Trinajstić information content (AvgIpc) is 2.03. The quantitative estimate of drug-likeness (QED) is 0.763. The Labute approximate surface area is 84.9 Å². The van der Waals surface area contributed by atoms with Gasteiger partial charge in [0.25, 0.3) is 0 Å². The average molecular weight is 206 g/mol. The summed E-state index contributed by atoms with van der Waals surface area (Å²) in [4.78, 5) is 1.38. The molecular formula is C9H16ClNS. The highest BCUT2D eigenvalue weighted by atomic mass is 35.5. The van der Waals surface area contributed by atoms with Gasteiger partial charge in [-0.1, -0.05) is 25.1 Å². The van der Waals surface area contributed by atoms with Crippen LogP contribution < -0.4 is 6.15 Å². The van der Waals surface area contributed by atoms with Crippen LogP contribution in [0, 0.1) is 0 Å². The molecule has 1 nitrogen and oxygen atoms in total. The topological polar surface area (TPSA) is 35.0 Å². The molecule has 0 unspecified atom stereocenters. The molecule has 0 bridgehead atoms. The molecule has 0 aliphatic rings. The summed E-state index contributed by atoms with van der Waals surface area (Å²) in [6, 6.07) is 10.5. The van der Waals surface area contributed by atoms with Gasteiger partial charge in [-0.3, -0.25) is 0 Å². The van der Waals surface area contributed by atoms with Crippen LogP contribution in [-0.2, 0) is 0 Å². The first kappa shape index (κ1) is 14.3. The summed E-state index contributed by atoms with van der Waals surface area (Å²) >= 11 is 1.92. The van der Waals surface area contributed by atoms with E-state index in [9.17, 15) is 0 Å². The second-order valence-corrected chi connectivity index (χ2v) is 3.33. The summed E-state index contributed by atoms with van der Waals surface area (Å²) < 4.78 is 0. The number of halogens is 1. The van der Waals surface area contributed by atoms with Gasteiger partial charge in [0.15, 0.2) is 0 Å². The van der Waals surface area contributed by atoms with Crippen molar-refractivity contribution in [2.45, 2.75) is 18.2 Å². The van der Waals surface area contributed by atoms with Gasteiger partial charge in [0, 0.05) is 4.90 Å². The van der Waals surface area contributed by atoms with Crippen molar-refractivity contribution in [1.29, 1.82) is 0 Å². The maximum Gasteiger partial charge on any atom is 0.00719 e. The summed E-state index contributed by atoms with van der Waals surface area (Å²) in [5.74, 6) is 1.23.